The van der Waals surface area contributed by atoms with Crippen LogP contribution in [-0.2, 0) is 17.8 Å². The number of amides is 2. The molecular formula is C27H25N5O4. The van der Waals surface area contributed by atoms with E-state index in [-0.39, 0.29) is 30.5 Å². The molecule has 9 heteroatoms. The summed E-state index contributed by atoms with van der Waals surface area (Å²) in [7, 11) is 3.38. The Labute approximate surface area is 208 Å². The fourth-order valence-corrected chi connectivity index (χ4v) is 3.74. The molecule has 9 nitrogen and oxygen atoms in total. The van der Waals surface area contributed by atoms with Gasteiger partial charge in [-0.2, -0.15) is 5.10 Å². The third-order valence-corrected chi connectivity index (χ3v) is 5.58. The Hall–Kier alpha value is -4.79. The highest BCUT2D eigenvalue weighted by atomic mass is 16.6. The van der Waals surface area contributed by atoms with Gasteiger partial charge in [0.15, 0.2) is 0 Å². The van der Waals surface area contributed by atoms with Gasteiger partial charge in [-0.1, -0.05) is 30.3 Å². The molecule has 0 aliphatic rings. The van der Waals surface area contributed by atoms with Crippen LogP contribution in [0.2, 0.25) is 0 Å². The monoisotopic (exact) mass is 483 g/mol. The van der Waals surface area contributed by atoms with E-state index < -0.39 is 4.92 Å². The highest BCUT2D eigenvalue weighted by molar-refractivity contribution is 5.94. The number of hydrogen-bond donors (Lipinski definition) is 1. The van der Waals surface area contributed by atoms with E-state index in [4.69, 9.17) is 0 Å². The SMILES string of the molecule is CN(C)C(=O)c1cccc(CNC(=O)Cc2cn(-c3ccccc3)nc2-c2ccc([N+](=O)[O-])cc2)c1. The molecule has 4 aromatic rings. The smallest absolute Gasteiger partial charge is 0.269 e. The summed E-state index contributed by atoms with van der Waals surface area (Å²) in [4.78, 5) is 37.2. The summed E-state index contributed by atoms with van der Waals surface area (Å²) < 4.78 is 1.69. The van der Waals surface area contributed by atoms with Crippen LogP contribution < -0.4 is 5.32 Å². The molecule has 0 saturated heterocycles. The van der Waals surface area contributed by atoms with Crippen molar-refractivity contribution in [3.8, 4) is 16.9 Å². The van der Waals surface area contributed by atoms with Gasteiger partial charge in [0.2, 0.25) is 5.91 Å². The maximum absolute atomic E-state index is 12.9. The molecular weight excluding hydrogens is 458 g/mol. The lowest BCUT2D eigenvalue weighted by Crippen LogP contribution is -2.25. The van der Waals surface area contributed by atoms with Gasteiger partial charge in [0.25, 0.3) is 11.6 Å². The molecule has 0 radical (unpaired) electrons. The van der Waals surface area contributed by atoms with Crippen LogP contribution in [0.3, 0.4) is 0 Å². The molecule has 0 unspecified atom stereocenters. The third kappa shape index (κ3) is 5.64. The van der Waals surface area contributed by atoms with Gasteiger partial charge < -0.3 is 10.2 Å². The van der Waals surface area contributed by atoms with Crippen LogP contribution in [0.4, 0.5) is 5.69 Å². The van der Waals surface area contributed by atoms with Crippen molar-refractivity contribution in [3.05, 3.63) is 112 Å². The van der Waals surface area contributed by atoms with Crippen molar-refractivity contribution in [3.63, 3.8) is 0 Å². The minimum absolute atomic E-state index is 0.0180. The zero-order valence-corrected chi connectivity index (χ0v) is 19.9. The lowest BCUT2D eigenvalue weighted by Gasteiger charge is -2.11. The predicted octanol–water partition coefficient (Wildman–Crippen LogP) is 4.01. The van der Waals surface area contributed by atoms with Gasteiger partial charge in [-0.25, -0.2) is 4.68 Å². The van der Waals surface area contributed by atoms with Crippen molar-refractivity contribution in [2.75, 3.05) is 14.1 Å². The molecule has 0 spiro atoms. The lowest BCUT2D eigenvalue weighted by molar-refractivity contribution is -0.384. The summed E-state index contributed by atoms with van der Waals surface area (Å²) >= 11 is 0. The third-order valence-electron chi connectivity index (χ3n) is 5.58. The van der Waals surface area contributed by atoms with Crippen LogP contribution in [0.1, 0.15) is 21.5 Å². The standard InChI is InChI=1S/C27H25N5O4/c1-30(2)27(34)21-8-6-7-19(15-21)17-28-25(33)16-22-18-31(23-9-4-3-5-10-23)29-26(22)20-11-13-24(14-12-20)32(35)36/h3-15,18H,16-17H2,1-2H3,(H,28,33). The molecule has 4 rings (SSSR count). The summed E-state index contributed by atoms with van der Waals surface area (Å²) in [5, 5.41) is 18.6. The van der Waals surface area contributed by atoms with Gasteiger partial charge in [0.05, 0.1) is 22.7 Å². The molecule has 0 saturated carbocycles. The second kappa shape index (κ2) is 10.6. The van der Waals surface area contributed by atoms with E-state index in [0.717, 1.165) is 11.3 Å². The van der Waals surface area contributed by atoms with E-state index >= 15 is 0 Å². The van der Waals surface area contributed by atoms with E-state index in [1.807, 2.05) is 36.4 Å². The van der Waals surface area contributed by atoms with Gasteiger partial charge in [0.1, 0.15) is 0 Å². The Morgan fingerprint density at radius 2 is 1.72 bits per heavy atom. The molecule has 1 aromatic heterocycles. The Balaban J connectivity index is 1.55. The van der Waals surface area contributed by atoms with E-state index in [9.17, 15) is 19.7 Å². The molecule has 0 aliphatic carbocycles. The molecule has 1 N–H and O–H groups in total. The molecule has 36 heavy (non-hydrogen) atoms. The first-order valence-corrected chi connectivity index (χ1v) is 11.3. The van der Waals surface area contributed by atoms with Crippen LogP contribution in [0.15, 0.2) is 85.1 Å². The highest BCUT2D eigenvalue weighted by Gasteiger charge is 2.17. The average Bonchev–Trinajstić information content (AvgIpc) is 3.31. The number of non-ortho nitro benzene ring substituents is 1. The number of rotatable bonds is 8. The van der Waals surface area contributed by atoms with E-state index in [2.05, 4.69) is 10.4 Å². The molecule has 1 heterocycles. The van der Waals surface area contributed by atoms with Gasteiger partial charge in [-0.05, 0) is 42.0 Å². The second-order valence-electron chi connectivity index (χ2n) is 8.44. The van der Waals surface area contributed by atoms with Crippen molar-refractivity contribution in [2.24, 2.45) is 0 Å². The maximum atomic E-state index is 12.9. The first kappa shape index (κ1) is 24.3. The number of nitro benzene ring substituents is 1. The van der Waals surface area contributed by atoms with Crippen LogP contribution in [0.5, 0.6) is 0 Å². The summed E-state index contributed by atoms with van der Waals surface area (Å²) in [6, 6.07) is 22.7. The topological polar surface area (TPSA) is 110 Å². The van der Waals surface area contributed by atoms with Crippen LogP contribution >= 0.6 is 0 Å². The maximum Gasteiger partial charge on any atom is 0.269 e. The van der Waals surface area contributed by atoms with Crippen molar-refractivity contribution in [2.45, 2.75) is 13.0 Å². The lowest BCUT2D eigenvalue weighted by atomic mass is 10.1. The molecule has 0 atom stereocenters. The normalized spacial score (nSPS) is 10.6. The summed E-state index contributed by atoms with van der Waals surface area (Å²) in [6.07, 6.45) is 1.86. The van der Waals surface area contributed by atoms with Gasteiger partial charge >= 0.3 is 0 Å². The first-order valence-electron chi connectivity index (χ1n) is 11.3. The zero-order chi connectivity index (χ0) is 25.7. The largest absolute Gasteiger partial charge is 0.352 e. The number of benzene rings is 3. The van der Waals surface area contributed by atoms with Gasteiger partial charge in [-0.3, -0.25) is 19.7 Å². The Kier molecular flexibility index (Phi) is 7.20. The number of para-hydroxylation sites is 1. The number of nitro groups is 1. The number of nitrogens with zero attached hydrogens (tertiary/aromatic N) is 4. The zero-order valence-electron chi connectivity index (χ0n) is 19.9. The second-order valence-corrected chi connectivity index (χ2v) is 8.44. The highest BCUT2D eigenvalue weighted by Crippen LogP contribution is 2.26. The Morgan fingerprint density at radius 1 is 1.00 bits per heavy atom. The van der Waals surface area contributed by atoms with Crippen molar-refractivity contribution in [1.29, 1.82) is 0 Å². The van der Waals surface area contributed by atoms with E-state index in [0.29, 0.717) is 22.4 Å². The van der Waals surface area contributed by atoms with Crippen LogP contribution in [0.25, 0.3) is 16.9 Å². The van der Waals surface area contributed by atoms with E-state index in [1.165, 1.54) is 17.0 Å². The summed E-state index contributed by atoms with van der Waals surface area (Å²) in [5.74, 6) is -0.320. The summed E-state index contributed by atoms with van der Waals surface area (Å²) in [5.41, 5.74) is 4.10. The number of hydrogen-bond acceptors (Lipinski definition) is 5. The average molecular weight is 484 g/mol. The minimum Gasteiger partial charge on any atom is -0.352 e. The Morgan fingerprint density at radius 3 is 2.39 bits per heavy atom. The van der Waals surface area contributed by atoms with Crippen molar-refractivity contribution < 1.29 is 14.5 Å². The van der Waals surface area contributed by atoms with E-state index in [1.54, 1.807) is 55.3 Å². The number of carbonyl (C=O) groups is 2. The van der Waals surface area contributed by atoms with Crippen LogP contribution in [0, 0.1) is 10.1 Å². The van der Waals surface area contributed by atoms with Crippen molar-refractivity contribution in [1.82, 2.24) is 20.0 Å². The fourth-order valence-electron chi connectivity index (χ4n) is 3.74. The van der Waals surface area contributed by atoms with Crippen molar-refractivity contribution >= 4 is 17.5 Å². The molecule has 2 amide bonds. The van der Waals surface area contributed by atoms with Crippen LogP contribution in [-0.4, -0.2) is 45.5 Å². The molecule has 0 bridgehead atoms. The first-order chi connectivity index (χ1) is 17.3. The Bertz CT molecular complexity index is 1400. The number of aromatic nitrogens is 2. The minimum atomic E-state index is -0.457. The molecule has 0 aliphatic heterocycles. The van der Waals surface area contributed by atoms with Gasteiger partial charge in [0, 0.05) is 55.7 Å². The number of carbonyl (C=O) groups excluding carboxylic acids is 2. The fraction of sp³-hybridized carbons (Fsp3) is 0.148. The number of nitrogens with one attached hydrogen (secondary N) is 1. The molecule has 182 valence electrons. The van der Waals surface area contributed by atoms with Gasteiger partial charge in [-0.15, -0.1) is 0 Å². The quantitative estimate of drug-likeness (QED) is 0.301. The molecule has 3 aromatic carbocycles. The molecule has 0 fully saturated rings. The predicted molar refractivity (Wildman–Crippen MR) is 136 cm³/mol. The summed E-state index contributed by atoms with van der Waals surface area (Å²) in [6.45, 7) is 0.271.